The molecule has 1 rings (SSSR count). The maximum atomic E-state index is 12.5. The minimum Gasteiger partial charge on any atom is -0.389 e. The normalized spacial score (nSPS) is 15.1. The molecule has 2 N–H and O–H groups in total. The van der Waals surface area contributed by atoms with Crippen LogP contribution in [0.15, 0.2) is 18.2 Å². The Labute approximate surface area is 110 Å². The van der Waals surface area contributed by atoms with Gasteiger partial charge in [0.1, 0.15) is 11.7 Å². The molecule has 0 radical (unpaired) electrons. The molecule has 0 aliphatic heterocycles. The number of hydrogen-bond acceptors (Lipinski definition) is 4. The molecule has 0 aromatic heterocycles. The van der Waals surface area contributed by atoms with Crippen LogP contribution < -0.4 is 0 Å². The molecule has 0 spiro atoms. The Bertz CT molecular complexity index is 480. The molecule has 106 valence electrons. The van der Waals surface area contributed by atoms with Gasteiger partial charge in [-0.25, -0.2) is 0 Å². The Morgan fingerprint density at radius 1 is 1.37 bits per heavy atom. The average Bonchev–Trinajstić information content (AvgIpc) is 2.35. The van der Waals surface area contributed by atoms with Gasteiger partial charge in [0.05, 0.1) is 16.9 Å². The van der Waals surface area contributed by atoms with Crippen molar-refractivity contribution in [2.45, 2.75) is 18.4 Å². The van der Waals surface area contributed by atoms with Crippen molar-refractivity contribution in [2.24, 2.45) is 0 Å². The largest absolute Gasteiger partial charge is 0.422 e. The van der Waals surface area contributed by atoms with E-state index in [9.17, 15) is 33.5 Å². The molecular formula is C10H9ClF3NO4. The third-order valence-corrected chi connectivity index (χ3v) is 2.70. The smallest absolute Gasteiger partial charge is 0.389 e. The summed E-state index contributed by atoms with van der Waals surface area (Å²) in [6, 6.07) is 1.91. The molecule has 1 aromatic carbocycles. The van der Waals surface area contributed by atoms with E-state index in [1.165, 1.54) is 0 Å². The number of benzene rings is 1. The monoisotopic (exact) mass is 299 g/mol. The fourth-order valence-electron chi connectivity index (χ4n) is 1.43. The lowest BCUT2D eigenvalue weighted by Crippen LogP contribution is -2.20. The summed E-state index contributed by atoms with van der Waals surface area (Å²) in [4.78, 5) is 9.42. The van der Waals surface area contributed by atoms with Gasteiger partial charge in [-0.3, -0.25) is 10.1 Å². The van der Waals surface area contributed by atoms with Gasteiger partial charge in [-0.1, -0.05) is 6.07 Å². The number of hydrogen-bond donors (Lipinski definition) is 2. The van der Waals surface area contributed by atoms with Gasteiger partial charge >= 0.3 is 6.18 Å². The lowest BCUT2D eigenvalue weighted by molar-refractivity contribution is -0.388. The second-order valence-electron chi connectivity index (χ2n) is 3.70. The van der Waals surface area contributed by atoms with Crippen molar-refractivity contribution in [1.29, 1.82) is 0 Å². The molecule has 0 saturated carbocycles. The van der Waals surface area contributed by atoms with Crippen LogP contribution in [0.25, 0.3) is 0 Å². The van der Waals surface area contributed by atoms with Crippen LogP contribution in [-0.2, 0) is 6.18 Å². The second-order valence-corrected chi connectivity index (χ2v) is 4.01. The van der Waals surface area contributed by atoms with Crippen molar-refractivity contribution < 1.29 is 28.3 Å². The summed E-state index contributed by atoms with van der Waals surface area (Å²) >= 11 is 5.28. The number of nitro groups is 1. The first-order valence-electron chi connectivity index (χ1n) is 4.96. The van der Waals surface area contributed by atoms with Gasteiger partial charge in [-0.05, 0) is 11.6 Å². The Kier molecular flexibility index (Phi) is 4.72. The molecule has 0 saturated heterocycles. The molecular weight excluding hydrogens is 291 g/mol. The zero-order valence-electron chi connectivity index (χ0n) is 9.26. The SMILES string of the molecule is O=[N+]([O-])c1cc(C(O)C(O)CCl)ccc1C(F)(F)F. The molecule has 0 aliphatic carbocycles. The van der Waals surface area contributed by atoms with Gasteiger partial charge in [0.15, 0.2) is 0 Å². The van der Waals surface area contributed by atoms with Gasteiger partial charge in [-0.2, -0.15) is 13.2 Å². The highest BCUT2D eigenvalue weighted by Gasteiger charge is 2.38. The van der Waals surface area contributed by atoms with Crippen LogP contribution >= 0.6 is 11.6 Å². The van der Waals surface area contributed by atoms with E-state index in [4.69, 9.17) is 11.6 Å². The maximum Gasteiger partial charge on any atom is 0.422 e. The highest BCUT2D eigenvalue weighted by Crippen LogP contribution is 2.37. The van der Waals surface area contributed by atoms with Crippen molar-refractivity contribution in [3.8, 4) is 0 Å². The predicted molar refractivity (Wildman–Crippen MR) is 59.8 cm³/mol. The Hall–Kier alpha value is -1.38. The molecule has 2 atom stereocenters. The van der Waals surface area contributed by atoms with E-state index >= 15 is 0 Å². The van der Waals surface area contributed by atoms with E-state index in [-0.39, 0.29) is 11.4 Å². The molecule has 0 bridgehead atoms. The molecule has 0 heterocycles. The van der Waals surface area contributed by atoms with Gasteiger partial charge in [0.2, 0.25) is 0 Å². The van der Waals surface area contributed by atoms with Crippen molar-refractivity contribution in [3.63, 3.8) is 0 Å². The van der Waals surface area contributed by atoms with Crippen LogP contribution in [0.4, 0.5) is 18.9 Å². The standard InChI is InChI=1S/C10H9ClF3NO4/c11-4-8(16)9(17)5-1-2-6(10(12,13)14)7(3-5)15(18)19/h1-3,8-9,16-17H,4H2. The lowest BCUT2D eigenvalue weighted by Gasteiger charge is -2.16. The number of aliphatic hydroxyl groups is 2. The summed E-state index contributed by atoms with van der Waals surface area (Å²) in [6.07, 6.45) is -7.91. The van der Waals surface area contributed by atoms with Crippen LogP contribution in [-0.4, -0.2) is 27.1 Å². The summed E-state index contributed by atoms with van der Waals surface area (Å²) in [5.74, 6) is -0.365. The zero-order chi connectivity index (χ0) is 14.8. The van der Waals surface area contributed by atoms with Crippen molar-refractivity contribution in [1.82, 2.24) is 0 Å². The van der Waals surface area contributed by atoms with Crippen molar-refractivity contribution in [2.75, 3.05) is 5.88 Å². The summed E-state index contributed by atoms with van der Waals surface area (Å²) in [5.41, 5.74) is -2.83. The third-order valence-electron chi connectivity index (χ3n) is 2.39. The van der Waals surface area contributed by atoms with Crippen LogP contribution in [0.1, 0.15) is 17.2 Å². The summed E-state index contributed by atoms with van der Waals surface area (Å²) in [7, 11) is 0. The van der Waals surface area contributed by atoms with E-state index in [0.717, 1.165) is 6.07 Å². The van der Waals surface area contributed by atoms with Crippen molar-refractivity contribution >= 4 is 17.3 Å². The first-order valence-corrected chi connectivity index (χ1v) is 5.49. The molecule has 0 fully saturated rings. The Morgan fingerprint density at radius 3 is 2.37 bits per heavy atom. The lowest BCUT2D eigenvalue weighted by atomic mass is 10.0. The number of halogens is 4. The van der Waals surface area contributed by atoms with Crippen LogP contribution in [0, 0.1) is 10.1 Å². The highest BCUT2D eigenvalue weighted by molar-refractivity contribution is 6.18. The van der Waals surface area contributed by atoms with Crippen LogP contribution in [0.2, 0.25) is 0 Å². The van der Waals surface area contributed by atoms with E-state index < -0.39 is 34.6 Å². The number of alkyl halides is 4. The molecule has 2 unspecified atom stereocenters. The van der Waals surface area contributed by atoms with E-state index in [0.29, 0.717) is 12.1 Å². The van der Waals surface area contributed by atoms with Crippen LogP contribution in [0.3, 0.4) is 0 Å². The van der Waals surface area contributed by atoms with E-state index in [1.807, 2.05) is 0 Å². The zero-order valence-corrected chi connectivity index (χ0v) is 10.0. The van der Waals surface area contributed by atoms with Crippen LogP contribution in [0.5, 0.6) is 0 Å². The topological polar surface area (TPSA) is 83.6 Å². The molecule has 9 heteroatoms. The first-order chi connectivity index (χ1) is 8.68. The molecule has 19 heavy (non-hydrogen) atoms. The minimum atomic E-state index is -4.88. The second kappa shape index (κ2) is 5.72. The molecule has 0 amide bonds. The first kappa shape index (κ1) is 15.7. The fraction of sp³-hybridized carbons (Fsp3) is 0.400. The highest BCUT2D eigenvalue weighted by atomic mass is 35.5. The predicted octanol–water partition coefficient (Wildman–Crippen LogP) is 2.25. The Morgan fingerprint density at radius 2 is 1.95 bits per heavy atom. The quantitative estimate of drug-likeness (QED) is 0.507. The Balaban J connectivity index is 3.28. The average molecular weight is 300 g/mol. The summed E-state index contributed by atoms with van der Waals surface area (Å²) < 4.78 is 37.6. The number of nitro benzene ring substituents is 1. The third kappa shape index (κ3) is 3.55. The number of aliphatic hydroxyl groups excluding tert-OH is 2. The molecule has 5 nitrogen and oxygen atoms in total. The van der Waals surface area contributed by atoms with Gasteiger partial charge in [0, 0.05) is 6.07 Å². The van der Waals surface area contributed by atoms with Gasteiger partial charge in [-0.15, -0.1) is 11.6 Å². The number of nitrogens with zero attached hydrogens (tertiary/aromatic N) is 1. The number of rotatable bonds is 4. The minimum absolute atomic E-state index is 0.215. The summed E-state index contributed by atoms with van der Waals surface area (Å²) in [6.45, 7) is 0. The van der Waals surface area contributed by atoms with Gasteiger partial charge < -0.3 is 10.2 Å². The maximum absolute atomic E-state index is 12.5. The van der Waals surface area contributed by atoms with Crippen molar-refractivity contribution in [3.05, 3.63) is 39.4 Å². The summed E-state index contributed by atoms with van der Waals surface area (Å²) in [5, 5.41) is 29.4. The van der Waals surface area contributed by atoms with E-state index in [2.05, 4.69) is 0 Å². The van der Waals surface area contributed by atoms with E-state index in [1.54, 1.807) is 0 Å². The fourth-order valence-corrected chi connectivity index (χ4v) is 1.60. The molecule has 0 aliphatic rings. The van der Waals surface area contributed by atoms with Gasteiger partial charge in [0.25, 0.3) is 5.69 Å². The molecule has 1 aromatic rings.